The Balaban J connectivity index is 2.87. The zero-order valence-electron chi connectivity index (χ0n) is 5.22. The maximum atomic E-state index is 5.51. The van der Waals surface area contributed by atoms with E-state index in [1.54, 1.807) is 6.08 Å². The summed E-state index contributed by atoms with van der Waals surface area (Å²) in [5.41, 5.74) is 13.4. The highest BCUT2D eigenvalue weighted by Gasteiger charge is 2.01. The van der Waals surface area contributed by atoms with Crippen LogP contribution in [0, 0.1) is 0 Å². The third-order valence-electron chi connectivity index (χ3n) is 1.29. The predicted molar refractivity (Wildman–Crippen MR) is 38.3 cm³/mol. The van der Waals surface area contributed by atoms with Gasteiger partial charge in [0.2, 0.25) is 0 Å². The molecule has 0 radical (unpaired) electrons. The molecule has 1 aliphatic rings. The Kier molecular flexibility index (Phi) is 1.30. The standard InChI is InChI=1S/C7H10N2/c1-5-2-3-6(8)7(9)4-5/h2-3H,1,4,8-9H2. The number of hydrogen-bond acceptors (Lipinski definition) is 2. The van der Waals surface area contributed by atoms with Crippen LogP contribution in [0.3, 0.4) is 0 Å². The van der Waals surface area contributed by atoms with Crippen LogP contribution >= 0.6 is 0 Å². The van der Waals surface area contributed by atoms with Crippen LogP contribution in [0.25, 0.3) is 0 Å². The maximum Gasteiger partial charge on any atom is 0.0508 e. The lowest BCUT2D eigenvalue weighted by atomic mass is 10.1. The van der Waals surface area contributed by atoms with Gasteiger partial charge in [-0.05, 0) is 11.6 Å². The molecule has 48 valence electrons. The largest absolute Gasteiger partial charge is 0.400 e. The van der Waals surface area contributed by atoms with Gasteiger partial charge < -0.3 is 11.5 Å². The molecule has 1 rings (SSSR count). The van der Waals surface area contributed by atoms with E-state index in [1.165, 1.54) is 0 Å². The van der Waals surface area contributed by atoms with Crippen molar-refractivity contribution in [3.8, 4) is 0 Å². The lowest BCUT2D eigenvalue weighted by molar-refractivity contribution is 1.05. The summed E-state index contributed by atoms with van der Waals surface area (Å²) in [6.07, 6.45) is 4.37. The van der Waals surface area contributed by atoms with Gasteiger partial charge in [-0.15, -0.1) is 0 Å². The highest BCUT2D eigenvalue weighted by molar-refractivity contribution is 5.36. The van der Waals surface area contributed by atoms with E-state index < -0.39 is 0 Å². The molecule has 9 heavy (non-hydrogen) atoms. The van der Waals surface area contributed by atoms with Crippen LogP contribution in [0.2, 0.25) is 0 Å². The Morgan fingerprint density at radius 1 is 1.33 bits per heavy atom. The smallest absolute Gasteiger partial charge is 0.0508 e. The Morgan fingerprint density at radius 2 is 2.00 bits per heavy atom. The van der Waals surface area contributed by atoms with Gasteiger partial charge in [-0.1, -0.05) is 12.7 Å². The zero-order valence-corrected chi connectivity index (χ0v) is 5.22. The van der Waals surface area contributed by atoms with Crippen molar-refractivity contribution in [1.82, 2.24) is 0 Å². The summed E-state index contributed by atoms with van der Waals surface area (Å²) in [5, 5.41) is 0. The van der Waals surface area contributed by atoms with E-state index in [0.29, 0.717) is 12.1 Å². The summed E-state index contributed by atoms with van der Waals surface area (Å²) in [6, 6.07) is 0. The zero-order chi connectivity index (χ0) is 6.85. The molecule has 0 saturated heterocycles. The minimum absolute atomic E-state index is 0.669. The topological polar surface area (TPSA) is 52.0 Å². The SMILES string of the molecule is C=C1C=CC(N)=C(N)C1. The van der Waals surface area contributed by atoms with Crippen LogP contribution in [-0.4, -0.2) is 0 Å². The van der Waals surface area contributed by atoms with Crippen LogP contribution in [0.15, 0.2) is 35.7 Å². The average Bonchev–Trinajstić information content (AvgIpc) is 1.80. The maximum absolute atomic E-state index is 5.51. The molecule has 0 aromatic heterocycles. The Labute approximate surface area is 54.5 Å². The van der Waals surface area contributed by atoms with Gasteiger partial charge in [0.05, 0.1) is 5.70 Å². The fourth-order valence-electron chi connectivity index (χ4n) is 0.720. The van der Waals surface area contributed by atoms with E-state index in [4.69, 9.17) is 11.5 Å². The first-order valence-electron chi connectivity index (χ1n) is 2.80. The van der Waals surface area contributed by atoms with Crippen molar-refractivity contribution in [3.05, 3.63) is 35.7 Å². The first kappa shape index (κ1) is 5.95. The van der Waals surface area contributed by atoms with E-state index in [1.807, 2.05) is 6.08 Å². The molecule has 0 spiro atoms. The second-order valence-corrected chi connectivity index (χ2v) is 2.15. The summed E-state index contributed by atoms with van der Waals surface area (Å²) in [6.45, 7) is 3.74. The van der Waals surface area contributed by atoms with Gasteiger partial charge in [-0.3, -0.25) is 0 Å². The average molecular weight is 122 g/mol. The molecule has 1 aliphatic carbocycles. The highest BCUT2D eigenvalue weighted by Crippen LogP contribution is 2.13. The fourth-order valence-corrected chi connectivity index (χ4v) is 0.720. The Hall–Kier alpha value is -1.18. The van der Waals surface area contributed by atoms with Gasteiger partial charge in [0.25, 0.3) is 0 Å². The molecule has 0 atom stereocenters. The van der Waals surface area contributed by atoms with Crippen LogP contribution in [-0.2, 0) is 0 Å². The fraction of sp³-hybridized carbons (Fsp3) is 0.143. The second-order valence-electron chi connectivity index (χ2n) is 2.15. The van der Waals surface area contributed by atoms with E-state index in [-0.39, 0.29) is 0 Å². The lowest BCUT2D eigenvalue weighted by Gasteiger charge is -2.08. The van der Waals surface area contributed by atoms with E-state index in [0.717, 1.165) is 11.3 Å². The van der Waals surface area contributed by atoms with Crippen molar-refractivity contribution in [2.45, 2.75) is 6.42 Å². The third-order valence-corrected chi connectivity index (χ3v) is 1.29. The first-order valence-corrected chi connectivity index (χ1v) is 2.80. The Bertz CT molecular complexity index is 199. The molecule has 2 nitrogen and oxygen atoms in total. The highest BCUT2D eigenvalue weighted by atomic mass is 14.7. The molecule has 0 amide bonds. The molecule has 0 aliphatic heterocycles. The van der Waals surface area contributed by atoms with Crippen LogP contribution < -0.4 is 11.5 Å². The van der Waals surface area contributed by atoms with Crippen LogP contribution in [0.1, 0.15) is 6.42 Å². The minimum atomic E-state index is 0.669. The van der Waals surface area contributed by atoms with Gasteiger partial charge in [-0.2, -0.15) is 0 Å². The molecule has 0 fully saturated rings. The Morgan fingerprint density at radius 3 is 2.44 bits per heavy atom. The molecule has 2 heteroatoms. The van der Waals surface area contributed by atoms with Gasteiger partial charge in [0.1, 0.15) is 0 Å². The molecule has 0 bridgehead atoms. The van der Waals surface area contributed by atoms with Crippen LogP contribution in [0.5, 0.6) is 0 Å². The molecule has 0 heterocycles. The summed E-state index contributed by atoms with van der Waals surface area (Å²) < 4.78 is 0. The number of allylic oxidation sites excluding steroid dienone is 3. The van der Waals surface area contributed by atoms with E-state index in [9.17, 15) is 0 Å². The van der Waals surface area contributed by atoms with E-state index >= 15 is 0 Å². The number of nitrogens with two attached hydrogens (primary N) is 2. The molecule has 4 N–H and O–H groups in total. The minimum Gasteiger partial charge on any atom is -0.400 e. The van der Waals surface area contributed by atoms with Gasteiger partial charge >= 0.3 is 0 Å². The first-order chi connectivity index (χ1) is 4.20. The summed E-state index contributed by atoms with van der Waals surface area (Å²) in [5.74, 6) is 0. The van der Waals surface area contributed by atoms with Crippen molar-refractivity contribution >= 4 is 0 Å². The van der Waals surface area contributed by atoms with Crippen molar-refractivity contribution < 1.29 is 0 Å². The molecule has 0 aromatic rings. The summed E-state index contributed by atoms with van der Waals surface area (Å²) >= 11 is 0. The monoisotopic (exact) mass is 122 g/mol. The normalized spacial score (nSPS) is 18.9. The summed E-state index contributed by atoms with van der Waals surface area (Å²) in [4.78, 5) is 0. The number of hydrogen-bond donors (Lipinski definition) is 2. The van der Waals surface area contributed by atoms with E-state index in [2.05, 4.69) is 6.58 Å². The molecule has 0 saturated carbocycles. The van der Waals surface area contributed by atoms with Crippen LogP contribution in [0.4, 0.5) is 0 Å². The van der Waals surface area contributed by atoms with Crippen molar-refractivity contribution in [2.75, 3.05) is 0 Å². The van der Waals surface area contributed by atoms with Crippen molar-refractivity contribution in [1.29, 1.82) is 0 Å². The third kappa shape index (κ3) is 1.13. The number of rotatable bonds is 0. The molecular weight excluding hydrogens is 112 g/mol. The molecule has 0 unspecified atom stereocenters. The quantitative estimate of drug-likeness (QED) is 0.495. The molecule has 0 aromatic carbocycles. The van der Waals surface area contributed by atoms with Gasteiger partial charge in [0, 0.05) is 12.1 Å². The van der Waals surface area contributed by atoms with Gasteiger partial charge in [-0.25, -0.2) is 0 Å². The van der Waals surface area contributed by atoms with Gasteiger partial charge in [0.15, 0.2) is 0 Å². The molecular formula is C7H10N2. The van der Waals surface area contributed by atoms with Crippen molar-refractivity contribution in [3.63, 3.8) is 0 Å². The predicted octanol–water partition coefficient (Wildman–Crippen LogP) is 0.632. The summed E-state index contributed by atoms with van der Waals surface area (Å²) in [7, 11) is 0. The van der Waals surface area contributed by atoms with Crippen molar-refractivity contribution in [2.24, 2.45) is 11.5 Å². The second kappa shape index (κ2) is 1.97. The lowest BCUT2D eigenvalue weighted by Crippen LogP contribution is -2.10.